The zero-order chi connectivity index (χ0) is 20.1. The molecule has 2 aromatic carbocycles. The molecule has 1 N–H and O–H groups in total. The summed E-state index contributed by atoms with van der Waals surface area (Å²) in [4.78, 5) is 16.2. The highest BCUT2D eigenvalue weighted by Gasteiger charge is 2.30. The number of rotatable bonds is 5. The lowest BCUT2D eigenvalue weighted by atomic mass is 10.2. The van der Waals surface area contributed by atoms with Gasteiger partial charge in [0.25, 0.3) is 0 Å². The molecule has 3 rings (SSSR count). The van der Waals surface area contributed by atoms with E-state index >= 15 is 0 Å². The van der Waals surface area contributed by atoms with Gasteiger partial charge in [-0.15, -0.1) is 0 Å². The second-order valence-electron chi connectivity index (χ2n) is 6.60. The Balaban J connectivity index is 1.44. The van der Waals surface area contributed by atoms with Crippen LogP contribution in [0.5, 0.6) is 0 Å². The fourth-order valence-electron chi connectivity index (χ4n) is 3.14. The first-order valence-corrected chi connectivity index (χ1v) is 9.02. The van der Waals surface area contributed by atoms with E-state index in [1.165, 1.54) is 18.2 Å². The Labute approximate surface area is 160 Å². The third-order valence-electron chi connectivity index (χ3n) is 4.68. The number of carbonyl (C=O) groups is 1. The molecule has 0 saturated carbocycles. The van der Waals surface area contributed by atoms with Gasteiger partial charge in [-0.25, -0.2) is 4.39 Å². The highest BCUT2D eigenvalue weighted by atomic mass is 19.4. The molecule has 8 heteroatoms. The van der Waals surface area contributed by atoms with Crippen LogP contribution in [-0.2, 0) is 11.0 Å². The van der Waals surface area contributed by atoms with Gasteiger partial charge in [0.2, 0.25) is 5.91 Å². The maximum atomic E-state index is 13.0. The van der Waals surface area contributed by atoms with Crippen LogP contribution in [0.25, 0.3) is 0 Å². The Bertz CT molecular complexity index is 800. The lowest BCUT2D eigenvalue weighted by molar-refractivity contribution is -0.137. The third kappa shape index (κ3) is 5.15. The van der Waals surface area contributed by atoms with Crippen molar-refractivity contribution in [3.63, 3.8) is 0 Å². The number of halogens is 4. The van der Waals surface area contributed by atoms with Crippen molar-refractivity contribution >= 4 is 17.3 Å². The second kappa shape index (κ2) is 8.50. The van der Waals surface area contributed by atoms with Crippen LogP contribution in [0.15, 0.2) is 48.5 Å². The van der Waals surface area contributed by atoms with Gasteiger partial charge in [0.1, 0.15) is 5.82 Å². The summed E-state index contributed by atoms with van der Waals surface area (Å²) < 4.78 is 51.2. The second-order valence-corrected chi connectivity index (χ2v) is 6.60. The van der Waals surface area contributed by atoms with Crippen molar-refractivity contribution < 1.29 is 22.4 Å². The molecule has 0 bridgehead atoms. The van der Waals surface area contributed by atoms with Gasteiger partial charge >= 0.3 is 6.18 Å². The van der Waals surface area contributed by atoms with E-state index in [4.69, 9.17) is 0 Å². The summed E-state index contributed by atoms with van der Waals surface area (Å²) in [6.45, 7) is 2.68. The SMILES string of the molecule is O=C(CCNc1cccc(C(F)(F)F)c1)N1CCN(c2ccc(F)cc2)CC1. The number of piperazine rings is 1. The van der Waals surface area contributed by atoms with Crippen LogP contribution in [0.1, 0.15) is 12.0 Å². The Morgan fingerprint density at radius 2 is 1.68 bits per heavy atom. The molecule has 0 unspecified atom stereocenters. The average molecular weight is 395 g/mol. The van der Waals surface area contributed by atoms with Gasteiger partial charge in [0, 0.05) is 50.5 Å². The first-order chi connectivity index (χ1) is 13.3. The zero-order valence-corrected chi connectivity index (χ0v) is 15.2. The van der Waals surface area contributed by atoms with Crippen molar-refractivity contribution in [1.82, 2.24) is 4.90 Å². The van der Waals surface area contributed by atoms with E-state index in [0.717, 1.165) is 17.8 Å². The van der Waals surface area contributed by atoms with Gasteiger partial charge in [0.05, 0.1) is 5.56 Å². The minimum atomic E-state index is -4.39. The fourth-order valence-corrected chi connectivity index (χ4v) is 3.14. The highest BCUT2D eigenvalue weighted by Crippen LogP contribution is 2.30. The number of benzene rings is 2. The minimum absolute atomic E-state index is 0.0433. The number of carbonyl (C=O) groups excluding carboxylic acids is 1. The number of nitrogens with one attached hydrogen (secondary N) is 1. The molecular formula is C20H21F4N3O. The molecule has 1 heterocycles. The average Bonchev–Trinajstić information content (AvgIpc) is 2.68. The van der Waals surface area contributed by atoms with E-state index in [9.17, 15) is 22.4 Å². The maximum Gasteiger partial charge on any atom is 0.416 e. The van der Waals surface area contributed by atoms with Crippen molar-refractivity contribution in [3.05, 3.63) is 59.9 Å². The normalized spacial score (nSPS) is 14.9. The standard InChI is InChI=1S/C20H21F4N3O/c21-16-4-6-18(7-5-16)26-10-12-27(13-11-26)19(28)8-9-25-17-3-1-2-15(14-17)20(22,23)24/h1-7,14,25H,8-13H2. The number of amides is 1. The Kier molecular flexibility index (Phi) is 6.06. The van der Waals surface area contributed by atoms with Crippen molar-refractivity contribution in [2.24, 2.45) is 0 Å². The number of hydrogen-bond acceptors (Lipinski definition) is 3. The lowest BCUT2D eigenvalue weighted by Gasteiger charge is -2.36. The molecule has 0 aliphatic carbocycles. The molecule has 0 atom stereocenters. The molecule has 0 spiro atoms. The summed E-state index contributed by atoms with van der Waals surface area (Å²) >= 11 is 0. The topological polar surface area (TPSA) is 35.6 Å². The quantitative estimate of drug-likeness (QED) is 0.778. The summed E-state index contributed by atoms with van der Waals surface area (Å²) in [6.07, 6.45) is -4.19. The largest absolute Gasteiger partial charge is 0.416 e. The summed E-state index contributed by atoms with van der Waals surface area (Å²) in [5.74, 6) is -0.330. The molecule has 0 aromatic heterocycles. The van der Waals surface area contributed by atoms with E-state index in [0.29, 0.717) is 31.9 Å². The lowest BCUT2D eigenvalue weighted by Crippen LogP contribution is -2.49. The van der Waals surface area contributed by atoms with Crippen molar-refractivity contribution in [1.29, 1.82) is 0 Å². The predicted octanol–water partition coefficient (Wildman–Crippen LogP) is 4.00. The first-order valence-electron chi connectivity index (χ1n) is 9.02. The van der Waals surface area contributed by atoms with E-state index in [-0.39, 0.29) is 24.7 Å². The molecule has 1 amide bonds. The zero-order valence-electron chi connectivity index (χ0n) is 15.2. The fraction of sp³-hybridized carbons (Fsp3) is 0.350. The molecule has 1 aliphatic heterocycles. The molecule has 4 nitrogen and oxygen atoms in total. The van der Waals surface area contributed by atoms with Gasteiger partial charge in [0.15, 0.2) is 0 Å². The summed E-state index contributed by atoms with van der Waals surface area (Å²) in [5.41, 5.74) is 0.532. The van der Waals surface area contributed by atoms with Crippen LogP contribution in [0.3, 0.4) is 0 Å². The van der Waals surface area contributed by atoms with Crippen LogP contribution < -0.4 is 10.2 Å². The molecule has 1 saturated heterocycles. The van der Waals surface area contributed by atoms with Gasteiger partial charge in [-0.2, -0.15) is 13.2 Å². The van der Waals surface area contributed by atoms with Crippen LogP contribution in [-0.4, -0.2) is 43.5 Å². The Morgan fingerprint density at radius 3 is 2.32 bits per heavy atom. The molecule has 2 aromatic rings. The van der Waals surface area contributed by atoms with E-state index in [2.05, 4.69) is 10.2 Å². The van der Waals surface area contributed by atoms with Crippen LogP contribution in [0.4, 0.5) is 28.9 Å². The van der Waals surface area contributed by atoms with Crippen molar-refractivity contribution in [3.8, 4) is 0 Å². The van der Waals surface area contributed by atoms with Crippen LogP contribution in [0.2, 0.25) is 0 Å². The van der Waals surface area contributed by atoms with Gasteiger partial charge < -0.3 is 15.1 Å². The molecule has 0 radical (unpaired) electrons. The summed E-state index contributed by atoms with van der Waals surface area (Å²) in [5, 5.41) is 2.87. The van der Waals surface area contributed by atoms with E-state index in [1.54, 1.807) is 23.1 Å². The molecule has 1 aliphatic rings. The predicted molar refractivity (Wildman–Crippen MR) is 99.7 cm³/mol. The number of nitrogens with zero attached hydrogens (tertiary/aromatic N) is 2. The first kappa shape index (κ1) is 20.0. The van der Waals surface area contributed by atoms with Crippen LogP contribution >= 0.6 is 0 Å². The monoisotopic (exact) mass is 395 g/mol. The van der Waals surface area contributed by atoms with Gasteiger partial charge in [-0.3, -0.25) is 4.79 Å². The Hall–Kier alpha value is -2.77. The minimum Gasteiger partial charge on any atom is -0.385 e. The molecule has 28 heavy (non-hydrogen) atoms. The number of alkyl halides is 3. The summed E-state index contributed by atoms with van der Waals surface area (Å²) in [6, 6.07) is 11.2. The van der Waals surface area contributed by atoms with Crippen molar-refractivity contribution in [2.75, 3.05) is 42.9 Å². The van der Waals surface area contributed by atoms with Gasteiger partial charge in [-0.1, -0.05) is 6.07 Å². The molecule has 150 valence electrons. The highest BCUT2D eigenvalue weighted by molar-refractivity contribution is 5.77. The van der Waals surface area contributed by atoms with Gasteiger partial charge in [-0.05, 0) is 42.5 Å². The maximum absolute atomic E-state index is 13.0. The number of anilines is 2. The molecular weight excluding hydrogens is 374 g/mol. The van der Waals surface area contributed by atoms with Crippen molar-refractivity contribution in [2.45, 2.75) is 12.6 Å². The number of hydrogen-bond donors (Lipinski definition) is 1. The smallest absolute Gasteiger partial charge is 0.385 e. The summed E-state index contributed by atoms with van der Waals surface area (Å²) in [7, 11) is 0. The van der Waals surface area contributed by atoms with Crippen LogP contribution in [0, 0.1) is 5.82 Å². The van der Waals surface area contributed by atoms with E-state index in [1.807, 2.05) is 0 Å². The Morgan fingerprint density at radius 1 is 1.00 bits per heavy atom. The third-order valence-corrected chi connectivity index (χ3v) is 4.68. The molecule has 1 fully saturated rings. The van der Waals surface area contributed by atoms with E-state index < -0.39 is 11.7 Å².